The number of aliphatic hydroxyl groups excluding tert-OH is 1. The van der Waals surface area contributed by atoms with Gasteiger partial charge in [-0.3, -0.25) is 24.0 Å². The average molecular weight is 863 g/mol. The van der Waals surface area contributed by atoms with E-state index in [2.05, 4.69) is 19.8 Å². The van der Waals surface area contributed by atoms with Crippen LogP contribution < -0.4 is 5.32 Å². The van der Waals surface area contributed by atoms with Gasteiger partial charge in [-0.05, 0) is 56.3 Å². The quantitative estimate of drug-likeness (QED) is 0.0570. The van der Waals surface area contributed by atoms with E-state index in [4.69, 9.17) is 14.2 Å². The zero-order valence-corrected chi connectivity index (χ0v) is 32.7. The Balaban J connectivity index is 1.61. The number of nitrogens with zero attached hydrogens (tertiary/aromatic N) is 3. The van der Waals surface area contributed by atoms with Crippen LogP contribution in [0.15, 0.2) is 23.8 Å². The minimum absolute atomic E-state index is 0.0776. The number of carbonyl (C=O) groups excluding carboxylic acids is 6. The lowest BCUT2D eigenvalue weighted by molar-refractivity contribution is -0.790. The van der Waals surface area contributed by atoms with Gasteiger partial charge in [-0.1, -0.05) is 19.9 Å². The summed E-state index contributed by atoms with van der Waals surface area (Å²) in [6, 6.07) is -1.85. The molecule has 4 rings (SSSR count). The van der Waals surface area contributed by atoms with E-state index in [1.807, 2.05) is 0 Å². The Morgan fingerprint density at radius 2 is 1.65 bits per heavy atom. The van der Waals surface area contributed by atoms with Gasteiger partial charge in [0.05, 0.1) is 19.1 Å². The van der Waals surface area contributed by atoms with Gasteiger partial charge in [0.15, 0.2) is 29.8 Å². The third kappa shape index (κ3) is 9.13. The van der Waals surface area contributed by atoms with Crippen LogP contribution >= 0.6 is 0 Å². The molecule has 0 aromatic carbocycles. The Kier molecular flexibility index (Phi) is 14.2. The second-order valence-electron chi connectivity index (χ2n) is 15.5. The maximum atomic E-state index is 17.8. The molecule has 23 nitrogen and oxygen atoms in total. The highest BCUT2D eigenvalue weighted by Gasteiger charge is 2.78. The van der Waals surface area contributed by atoms with Crippen LogP contribution in [-0.4, -0.2) is 118 Å². The third-order valence-corrected chi connectivity index (χ3v) is 12.0. The molecule has 332 valence electrons. The van der Waals surface area contributed by atoms with Crippen LogP contribution in [0.1, 0.15) is 66.2 Å². The number of carbonyl (C=O) groups is 6. The number of hydrogen-bond donors (Lipinski definition) is 2. The first-order valence-corrected chi connectivity index (χ1v) is 18.6. The van der Waals surface area contributed by atoms with E-state index in [0.717, 1.165) is 19.1 Å². The van der Waals surface area contributed by atoms with Crippen LogP contribution in [0.3, 0.4) is 0 Å². The van der Waals surface area contributed by atoms with Gasteiger partial charge in [-0.15, -0.1) is 30.3 Å². The molecule has 4 unspecified atom stereocenters. The Bertz CT molecular complexity index is 1850. The Morgan fingerprint density at radius 3 is 2.27 bits per heavy atom. The summed E-state index contributed by atoms with van der Waals surface area (Å²) >= 11 is 0. The number of amides is 1. The number of fused-ring (bicyclic) bond motifs is 5. The van der Waals surface area contributed by atoms with Crippen LogP contribution in [0.5, 0.6) is 0 Å². The molecule has 25 heteroatoms. The maximum Gasteiger partial charge on any atom is 0.329 e. The van der Waals surface area contributed by atoms with Crippen LogP contribution in [0.25, 0.3) is 0 Å². The molecule has 0 spiro atoms. The topological polar surface area (TPSA) is 319 Å². The molecule has 4 aliphatic carbocycles. The summed E-state index contributed by atoms with van der Waals surface area (Å²) in [5.41, 5.74) is -8.52. The first-order chi connectivity index (χ1) is 27.9. The second-order valence-corrected chi connectivity index (χ2v) is 15.5. The molecular formula is C35H44F2N4O19. The van der Waals surface area contributed by atoms with E-state index in [0.29, 0.717) is 0 Å². The molecule has 0 aliphatic heterocycles. The lowest BCUT2D eigenvalue weighted by atomic mass is 9.44. The Hall–Kier alpha value is -5.88. The lowest BCUT2D eigenvalue weighted by Gasteiger charge is -2.63. The predicted molar refractivity (Wildman–Crippen MR) is 188 cm³/mol. The normalized spacial score (nSPS) is 32.3. The molecule has 0 heterocycles. The number of esters is 3. The largest absolute Gasteiger partial charge is 0.462 e. The van der Waals surface area contributed by atoms with Crippen molar-refractivity contribution in [2.75, 3.05) is 26.4 Å². The smallest absolute Gasteiger partial charge is 0.329 e. The highest BCUT2D eigenvalue weighted by Crippen LogP contribution is 2.71. The van der Waals surface area contributed by atoms with E-state index in [9.17, 15) is 64.2 Å². The van der Waals surface area contributed by atoms with Crippen molar-refractivity contribution in [3.63, 3.8) is 0 Å². The van der Waals surface area contributed by atoms with Crippen molar-refractivity contribution in [2.45, 2.75) is 102 Å². The third-order valence-electron chi connectivity index (χ3n) is 12.0. The van der Waals surface area contributed by atoms with Crippen LogP contribution in [0.4, 0.5) is 8.78 Å². The van der Waals surface area contributed by atoms with Crippen molar-refractivity contribution in [1.82, 2.24) is 5.32 Å². The van der Waals surface area contributed by atoms with E-state index < -0.39 is 167 Å². The first-order valence-electron chi connectivity index (χ1n) is 18.6. The average Bonchev–Trinajstić information content (AvgIpc) is 3.36. The molecule has 0 aromatic heterocycles. The minimum Gasteiger partial charge on any atom is -0.462 e. The van der Waals surface area contributed by atoms with Gasteiger partial charge in [0, 0.05) is 36.0 Å². The van der Waals surface area contributed by atoms with Gasteiger partial charge < -0.3 is 39.1 Å². The van der Waals surface area contributed by atoms with Gasteiger partial charge in [-0.25, -0.2) is 13.6 Å². The molecule has 0 radical (unpaired) electrons. The van der Waals surface area contributed by atoms with Gasteiger partial charge in [0.2, 0.25) is 11.7 Å². The zero-order valence-electron chi connectivity index (χ0n) is 32.7. The lowest BCUT2D eigenvalue weighted by Crippen LogP contribution is -2.71. The number of ether oxygens (including phenoxy) is 3. The number of allylic oxidation sites excluding steroid dienone is 4. The monoisotopic (exact) mass is 862 g/mol. The summed E-state index contributed by atoms with van der Waals surface area (Å²) in [7, 11) is 0. The molecule has 60 heavy (non-hydrogen) atoms. The van der Waals surface area contributed by atoms with E-state index in [1.54, 1.807) is 0 Å². The molecule has 4 aliphatic rings. The number of alkyl halides is 2. The van der Waals surface area contributed by atoms with Crippen molar-refractivity contribution >= 4 is 35.4 Å². The number of hydrogen-bond acceptors (Lipinski definition) is 19. The number of ketones is 2. The number of aliphatic hydroxyl groups is 1. The number of rotatable bonds is 20. The Labute approximate surface area is 338 Å². The van der Waals surface area contributed by atoms with Crippen LogP contribution in [0, 0.1) is 58.9 Å². The molecule has 0 bridgehead atoms. The predicted octanol–water partition coefficient (Wildman–Crippen LogP) is 1.16. The molecule has 11 atom stereocenters. The Morgan fingerprint density at radius 1 is 0.983 bits per heavy atom. The van der Waals surface area contributed by atoms with Crippen molar-refractivity contribution in [3.05, 3.63) is 54.1 Å². The molecule has 3 fully saturated rings. The molecule has 2 N–H and O–H groups in total. The fourth-order valence-electron chi connectivity index (χ4n) is 9.55. The van der Waals surface area contributed by atoms with Gasteiger partial charge in [0.25, 0.3) is 15.3 Å². The molecule has 0 aromatic rings. The van der Waals surface area contributed by atoms with Gasteiger partial charge in [-0.2, -0.15) is 0 Å². The fraction of sp³-hybridized carbons (Fsp3) is 0.714. The first kappa shape index (κ1) is 46.8. The standard InChI is InChI=1S/C35H44F2N4O19/c1-18-10-22-23-12-25(36)24-11-20(43)7-8-32(24,3)34(23,37)27(44)14-33(22,4)35(18,59-29(46)6-5-9-57-39(49)50)28(45)17-55-30(47)13-26(38-19(2)42)31(48)56-15-21(60-41(53)54)16-58-40(51)52/h7-8,11,18,21-23,25-27,44H,5-6,9-10,12-17H2,1-4H3,(H,38,42)/t18-,21?,22?,23?,25+,26?,27+,32+,33+,34+,35+/m1/s1. The zero-order chi connectivity index (χ0) is 45.0. The highest BCUT2D eigenvalue weighted by molar-refractivity contribution is 6.01. The number of nitrogens with one attached hydrogen (secondary N) is 1. The molecule has 1 amide bonds. The maximum absolute atomic E-state index is 17.8. The number of halogens is 2. The summed E-state index contributed by atoms with van der Waals surface area (Å²) in [6.45, 7) is 1.46. The van der Waals surface area contributed by atoms with Crippen LogP contribution in [-0.2, 0) is 57.5 Å². The van der Waals surface area contributed by atoms with Crippen molar-refractivity contribution in [1.29, 1.82) is 0 Å². The molecular weight excluding hydrogens is 818 g/mol. The van der Waals surface area contributed by atoms with Crippen molar-refractivity contribution < 1.29 is 86.6 Å². The SMILES string of the molecule is CC(=O)NC(CC(=O)OCC(=O)[C@@]1(OC(=O)CCCO[N+](=O)[O-])[C@H](C)CC2C3C[C@H](F)C4=CC(=O)C=C[C@]4(C)[C@@]3(F)[C@@H](O)C[C@@]21C)C(=O)OCC(CO[N+](=O)[O-])O[N+](=O)[O-]. The summed E-state index contributed by atoms with van der Waals surface area (Å²) < 4.78 is 49.9. The summed E-state index contributed by atoms with van der Waals surface area (Å²) in [6.07, 6.45) is -5.27. The van der Waals surface area contributed by atoms with Crippen molar-refractivity contribution in [2.24, 2.45) is 28.6 Å². The van der Waals surface area contributed by atoms with Crippen molar-refractivity contribution in [3.8, 4) is 0 Å². The number of Topliss-reactive ketones (excluding diaryl/α,β-unsaturated/α-hetero) is 1. The molecule has 3 saturated carbocycles. The van der Waals surface area contributed by atoms with E-state index >= 15 is 8.78 Å². The fourth-order valence-corrected chi connectivity index (χ4v) is 9.55. The van der Waals surface area contributed by atoms with E-state index in [-0.39, 0.29) is 18.4 Å². The summed E-state index contributed by atoms with van der Waals surface area (Å²) in [5.74, 6) is -9.64. The van der Waals surface area contributed by atoms with E-state index in [1.165, 1.54) is 26.8 Å². The highest BCUT2D eigenvalue weighted by atomic mass is 19.1. The summed E-state index contributed by atoms with van der Waals surface area (Å²) in [5, 5.41) is 42.1. The van der Waals surface area contributed by atoms with Gasteiger partial charge in [0.1, 0.15) is 25.4 Å². The minimum atomic E-state index is -2.58. The molecule has 0 saturated heterocycles. The van der Waals surface area contributed by atoms with Gasteiger partial charge >= 0.3 is 17.9 Å². The second kappa shape index (κ2) is 18.2. The summed E-state index contributed by atoms with van der Waals surface area (Å²) in [4.78, 5) is 122. The van der Waals surface area contributed by atoms with Crippen LogP contribution in [0.2, 0.25) is 0 Å².